The molecule has 8 heteroatoms. The molecule has 4 fully saturated rings. The summed E-state index contributed by atoms with van der Waals surface area (Å²) in [5.74, 6) is 2.25. The van der Waals surface area contributed by atoms with Crippen LogP contribution < -0.4 is 15.0 Å². The lowest BCUT2D eigenvalue weighted by atomic mass is 9.78. The van der Waals surface area contributed by atoms with Crippen molar-refractivity contribution in [1.82, 2.24) is 15.1 Å². The van der Waals surface area contributed by atoms with Gasteiger partial charge in [-0.25, -0.2) is 0 Å². The first kappa shape index (κ1) is 33.8. The molecule has 4 aliphatic carbocycles. The van der Waals surface area contributed by atoms with E-state index < -0.39 is 0 Å². The summed E-state index contributed by atoms with van der Waals surface area (Å²) in [6.45, 7) is 2.86. The fraction of sp³-hybridized carbons (Fsp3) is 0.585. The van der Waals surface area contributed by atoms with E-state index in [9.17, 15) is 14.7 Å². The fourth-order valence-electron chi connectivity index (χ4n) is 8.66. The number of carbonyl (C=O) groups is 2. The number of aliphatic hydroxyl groups is 1. The van der Waals surface area contributed by atoms with Crippen molar-refractivity contribution < 1.29 is 19.4 Å². The molecule has 0 unspecified atom stereocenters. The molecule has 0 aliphatic heterocycles. The van der Waals surface area contributed by atoms with Gasteiger partial charge in [-0.1, -0.05) is 24.3 Å². The van der Waals surface area contributed by atoms with Gasteiger partial charge in [0.05, 0.1) is 25.5 Å². The first-order chi connectivity index (χ1) is 23.8. The van der Waals surface area contributed by atoms with Gasteiger partial charge in [-0.15, -0.1) is 0 Å². The molecule has 0 bridgehead atoms. The Labute approximate surface area is 291 Å². The maximum Gasteiger partial charge on any atom is 0.230 e. The number of nitrogens with zero attached hydrogens (tertiary/aromatic N) is 3. The van der Waals surface area contributed by atoms with Crippen LogP contribution in [-0.2, 0) is 9.59 Å². The van der Waals surface area contributed by atoms with E-state index in [0.29, 0.717) is 30.7 Å². The predicted molar refractivity (Wildman–Crippen MR) is 193 cm³/mol. The van der Waals surface area contributed by atoms with E-state index in [4.69, 9.17) is 4.74 Å². The summed E-state index contributed by atoms with van der Waals surface area (Å²) in [6, 6.07) is 15.8. The Morgan fingerprint density at radius 1 is 0.878 bits per heavy atom. The molecule has 1 heterocycles. The van der Waals surface area contributed by atoms with Crippen LogP contribution in [0, 0.1) is 24.7 Å². The molecule has 7 rings (SSSR count). The zero-order valence-corrected chi connectivity index (χ0v) is 29.4. The summed E-state index contributed by atoms with van der Waals surface area (Å²) < 4.78 is 7.58. The molecule has 2 amide bonds. The van der Waals surface area contributed by atoms with Crippen molar-refractivity contribution >= 4 is 17.5 Å². The second-order valence-corrected chi connectivity index (χ2v) is 15.4. The fourth-order valence-corrected chi connectivity index (χ4v) is 8.66. The standard InChI is InChI=1S/C41H54N4O4/c1-27-22-33(14-21-39(27)49-2)29-8-6-28(7-9-29)25-44(37-5-3-4-32(23-37)34-24-42-45(26-34)36-17-18-36)41(48)31-10-15-35(16-11-31)43-40(47)30-12-19-38(46)20-13-30/h3-5,14,21-24,26,28-31,35-36,38,46H,6-13,15-20,25H2,1-2H3,(H,43,47)/t28-,29-,30?,31-,35-,38?. The molecule has 0 spiro atoms. The number of aliphatic hydroxyl groups excluding tert-OH is 1. The highest BCUT2D eigenvalue weighted by Crippen LogP contribution is 2.40. The van der Waals surface area contributed by atoms with Crippen molar-refractivity contribution in [2.24, 2.45) is 17.8 Å². The summed E-state index contributed by atoms with van der Waals surface area (Å²) in [7, 11) is 1.73. The van der Waals surface area contributed by atoms with Gasteiger partial charge in [-0.3, -0.25) is 14.3 Å². The maximum absolute atomic E-state index is 14.5. The minimum atomic E-state index is -0.262. The molecule has 0 radical (unpaired) electrons. The van der Waals surface area contributed by atoms with Gasteiger partial charge in [0.2, 0.25) is 11.8 Å². The van der Waals surface area contributed by atoms with E-state index >= 15 is 0 Å². The summed E-state index contributed by atoms with van der Waals surface area (Å²) in [4.78, 5) is 29.6. The minimum Gasteiger partial charge on any atom is -0.496 e. The quantitative estimate of drug-likeness (QED) is 0.231. The number of anilines is 1. The van der Waals surface area contributed by atoms with Crippen LogP contribution in [0.4, 0.5) is 5.69 Å². The molecule has 4 saturated carbocycles. The Bertz CT molecular complexity index is 1590. The van der Waals surface area contributed by atoms with Crippen LogP contribution >= 0.6 is 0 Å². The molecule has 2 N–H and O–H groups in total. The highest BCUT2D eigenvalue weighted by molar-refractivity contribution is 5.95. The van der Waals surface area contributed by atoms with Crippen molar-refractivity contribution in [1.29, 1.82) is 0 Å². The second kappa shape index (κ2) is 15.1. The number of nitrogens with one attached hydrogen (secondary N) is 1. The lowest BCUT2D eigenvalue weighted by Gasteiger charge is -2.37. The van der Waals surface area contributed by atoms with Crippen LogP contribution in [0.3, 0.4) is 0 Å². The molecule has 1 aromatic heterocycles. The molecule has 3 aromatic rings. The van der Waals surface area contributed by atoms with Gasteiger partial charge in [0.25, 0.3) is 0 Å². The zero-order valence-electron chi connectivity index (χ0n) is 29.4. The van der Waals surface area contributed by atoms with Crippen molar-refractivity contribution in [3.05, 3.63) is 66.0 Å². The van der Waals surface area contributed by atoms with E-state index in [1.807, 2.05) is 6.20 Å². The van der Waals surface area contributed by atoms with E-state index in [0.717, 1.165) is 93.3 Å². The number of ether oxygens (including phenoxy) is 1. The van der Waals surface area contributed by atoms with Gasteiger partial charge in [-0.05, 0) is 144 Å². The van der Waals surface area contributed by atoms with Crippen LogP contribution in [0.1, 0.15) is 113 Å². The summed E-state index contributed by atoms with van der Waals surface area (Å²) in [5, 5.41) is 17.8. The molecular weight excluding hydrogens is 612 g/mol. The second-order valence-electron chi connectivity index (χ2n) is 15.4. The molecule has 0 saturated heterocycles. The van der Waals surface area contributed by atoms with Crippen LogP contribution in [0.2, 0.25) is 0 Å². The molecule has 49 heavy (non-hydrogen) atoms. The zero-order chi connectivity index (χ0) is 33.9. The van der Waals surface area contributed by atoms with Crippen LogP contribution in [0.15, 0.2) is 54.9 Å². The van der Waals surface area contributed by atoms with Crippen LogP contribution in [0.25, 0.3) is 11.1 Å². The first-order valence-corrected chi connectivity index (χ1v) is 18.9. The number of benzene rings is 2. The summed E-state index contributed by atoms with van der Waals surface area (Å²) >= 11 is 0. The number of aryl methyl sites for hydroxylation is 1. The first-order valence-electron chi connectivity index (χ1n) is 18.9. The third kappa shape index (κ3) is 8.06. The van der Waals surface area contributed by atoms with E-state index in [-0.39, 0.29) is 35.8 Å². The van der Waals surface area contributed by atoms with Crippen molar-refractivity contribution in [3.63, 3.8) is 0 Å². The summed E-state index contributed by atoms with van der Waals surface area (Å²) in [6.07, 6.45) is 16.9. The molecule has 0 atom stereocenters. The minimum absolute atomic E-state index is 0.00531. The maximum atomic E-state index is 14.5. The molecule has 2 aromatic carbocycles. The van der Waals surface area contributed by atoms with Crippen molar-refractivity contribution in [2.45, 2.75) is 121 Å². The van der Waals surface area contributed by atoms with Gasteiger partial charge < -0.3 is 20.1 Å². The monoisotopic (exact) mass is 666 g/mol. The molecule has 8 nitrogen and oxygen atoms in total. The predicted octanol–water partition coefficient (Wildman–Crippen LogP) is 7.74. The normalized spacial score (nSPS) is 27.3. The lowest BCUT2D eigenvalue weighted by molar-refractivity contribution is -0.127. The lowest BCUT2D eigenvalue weighted by Crippen LogP contribution is -2.45. The number of rotatable bonds is 10. The Morgan fingerprint density at radius 2 is 1.61 bits per heavy atom. The Kier molecular flexibility index (Phi) is 10.4. The van der Waals surface area contributed by atoms with Gasteiger partial charge in [0.1, 0.15) is 5.75 Å². The topological polar surface area (TPSA) is 96.7 Å². The third-order valence-corrected chi connectivity index (χ3v) is 11.9. The summed E-state index contributed by atoms with van der Waals surface area (Å²) in [5.41, 5.74) is 5.76. The molecule has 4 aliphatic rings. The number of methoxy groups -OCH3 is 1. The molecular formula is C41H54N4O4. The van der Waals surface area contributed by atoms with Crippen molar-refractivity contribution in [2.75, 3.05) is 18.6 Å². The smallest absolute Gasteiger partial charge is 0.230 e. The average molecular weight is 667 g/mol. The SMILES string of the molecule is COc1ccc([C@H]2CC[C@H](CN(c3cccc(-c4cnn(C5CC5)c4)c3)C(=O)[C@H]3CC[C@H](NC(=O)C4CCC(O)CC4)CC3)CC2)cc1C. The Morgan fingerprint density at radius 3 is 2.31 bits per heavy atom. The number of hydrogen-bond donors (Lipinski definition) is 2. The Balaban J connectivity index is 1.03. The number of carbonyl (C=O) groups excluding carboxylic acids is 2. The third-order valence-electron chi connectivity index (χ3n) is 11.9. The van der Waals surface area contributed by atoms with Crippen LogP contribution in [0.5, 0.6) is 5.75 Å². The number of aromatic nitrogens is 2. The van der Waals surface area contributed by atoms with Gasteiger partial charge in [0.15, 0.2) is 0 Å². The average Bonchev–Trinajstić information content (AvgIpc) is 3.86. The van der Waals surface area contributed by atoms with Crippen molar-refractivity contribution in [3.8, 4) is 16.9 Å². The van der Waals surface area contributed by atoms with Gasteiger partial charge >= 0.3 is 0 Å². The largest absolute Gasteiger partial charge is 0.496 e. The highest BCUT2D eigenvalue weighted by Gasteiger charge is 2.34. The van der Waals surface area contributed by atoms with E-state index in [2.05, 4.69) is 75.6 Å². The van der Waals surface area contributed by atoms with E-state index in [1.54, 1.807) is 7.11 Å². The van der Waals surface area contributed by atoms with Crippen LogP contribution in [-0.4, -0.2) is 52.5 Å². The van der Waals surface area contributed by atoms with Gasteiger partial charge in [-0.2, -0.15) is 5.10 Å². The number of hydrogen-bond acceptors (Lipinski definition) is 5. The van der Waals surface area contributed by atoms with Gasteiger partial charge in [0, 0.05) is 41.9 Å². The number of amides is 2. The molecule has 262 valence electrons. The van der Waals surface area contributed by atoms with E-state index in [1.165, 1.54) is 24.0 Å². The highest BCUT2D eigenvalue weighted by atomic mass is 16.5. The Hall–Kier alpha value is -3.65.